The minimum Gasteiger partial charge on any atom is -0.337 e. The Morgan fingerprint density at radius 1 is 1.12 bits per heavy atom. The van der Waals surface area contributed by atoms with Crippen molar-refractivity contribution in [2.24, 2.45) is 0 Å². The summed E-state index contributed by atoms with van der Waals surface area (Å²) in [6, 6.07) is 0. The van der Waals surface area contributed by atoms with Crippen molar-refractivity contribution in [1.82, 2.24) is 9.21 Å². The van der Waals surface area contributed by atoms with Gasteiger partial charge in [0, 0.05) is 32.3 Å². The highest BCUT2D eigenvalue weighted by Gasteiger charge is 2.24. The summed E-state index contributed by atoms with van der Waals surface area (Å²) in [7, 11) is -3.13. The van der Waals surface area contributed by atoms with Gasteiger partial charge in [-0.2, -0.15) is 4.31 Å². The van der Waals surface area contributed by atoms with E-state index in [4.69, 9.17) is 0 Å². The van der Waals surface area contributed by atoms with Gasteiger partial charge in [0.25, 0.3) is 0 Å². The summed E-state index contributed by atoms with van der Waals surface area (Å²) < 4.78 is 23.9. The highest BCUT2D eigenvalue weighted by Crippen LogP contribution is 2.06. The van der Waals surface area contributed by atoms with Crippen LogP contribution in [0.3, 0.4) is 0 Å². The maximum absolute atomic E-state index is 11.7. The van der Waals surface area contributed by atoms with Gasteiger partial charge < -0.3 is 4.90 Å². The van der Waals surface area contributed by atoms with Gasteiger partial charge in [-0.15, -0.1) is 0 Å². The molecule has 1 aliphatic heterocycles. The standard InChI is InChI=1S/C11H18N2O3S/c1-3-4-5-6-11(14)12-7-9-13(10-8-12)17(2,15)16/h3-6H,7-10H2,1-2H3/b4-3+,6-5+. The van der Waals surface area contributed by atoms with E-state index in [2.05, 4.69) is 0 Å². The van der Waals surface area contributed by atoms with Crippen LogP contribution in [0.25, 0.3) is 0 Å². The van der Waals surface area contributed by atoms with Crippen molar-refractivity contribution in [2.45, 2.75) is 6.92 Å². The fourth-order valence-electron chi connectivity index (χ4n) is 1.59. The van der Waals surface area contributed by atoms with Gasteiger partial charge in [-0.3, -0.25) is 4.79 Å². The second kappa shape index (κ2) is 5.97. The number of allylic oxidation sites excluding steroid dienone is 3. The van der Waals surface area contributed by atoms with Crippen LogP contribution in [0.1, 0.15) is 6.92 Å². The molecule has 0 spiro atoms. The van der Waals surface area contributed by atoms with Crippen LogP contribution in [-0.2, 0) is 14.8 Å². The quantitative estimate of drug-likeness (QED) is 0.537. The monoisotopic (exact) mass is 258 g/mol. The number of amides is 1. The number of nitrogens with zero attached hydrogens (tertiary/aromatic N) is 2. The summed E-state index contributed by atoms with van der Waals surface area (Å²) in [5.74, 6) is -0.0729. The van der Waals surface area contributed by atoms with Crippen molar-refractivity contribution >= 4 is 15.9 Å². The second-order valence-corrected chi connectivity index (χ2v) is 5.85. The van der Waals surface area contributed by atoms with Crippen LogP contribution in [0.15, 0.2) is 24.3 Å². The average Bonchev–Trinajstić information content (AvgIpc) is 2.28. The lowest BCUT2D eigenvalue weighted by atomic mass is 10.3. The number of carbonyl (C=O) groups is 1. The molecule has 0 radical (unpaired) electrons. The fourth-order valence-corrected chi connectivity index (χ4v) is 2.42. The van der Waals surface area contributed by atoms with Crippen molar-refractivity contribution in [3.8, 4) is 0 Å². The molecule has 0 unspecified atom stereocenters. The molecule has 0 N–H and O–H groups in total. The van der Waals surface area contributed by atoms with Gasteiger partial charge in [0.15, 0.2) is 0 Å². The Kier molecular flexibility index (Phi) is 4.89. The summed E-state index contributed by atoms with van der Waals surface area (Å²) in [4.78, 5) is 13.3. The summed E-state index contributed by atoms with van der Waals surface area (Å²) in [5, 5.41) is 0. The largest absolute Gasteiger partial charge is 0.337 e. The maximum atomic E-state index is 11.7. The Morgan fingerprint density at radius 2 is 1.71 bits per heavy atom. The first-order valence-corrected chi connectivity index (χ1v) is 7.33. The molecule has 0 atom stereocenters. The lowest BCUT2D eigenvalue weighted by Gasteiger charge is -2.32. The van der Waals surface area contributed by atoms with Gasteiger partial charge in [-0.25, -0.2) is 8.42 Å². The highest BCUT2D eigenvalue weighted by atomic mass is 32.2. The van der Waals surface area contributed by atoms with E-state index < -0.39 is 10.0 Å². The molecular formula is C11H18N2O3S. The molecule has 96 valence electrons. The lowest BCUT2D eigenvalue weighted by Crippen LogP contribution is -2.49. The van der Waals surface area contributed by atoms with Crippen LogP contribution in [-0.4, -0.2) is 56.0 Å². The summed E-state index contributed by atoms with van der Waals surface area (Å²) in [6.45, 7) is 3.53. The third-order valence-electron chi connectivity index (χ3n) is 2.56. The molecule has 1 fully saturated rings. The molecule has 1 rings (SSSR count). The number of hydrogen-bond acceptors (Lipinski definition) is 3. The van der Waals surface area contributed by atoms with E-state index in [0.29, 0.717) is 26.2 Å². The van der Waals surface area contributed by atoms with Gasteiger partial charge in [0.2, 0.25) is 15.9 Å². The first kappa shape index (κ1) is 13.9. The second-order valence-electron chi connectivity index (χ2n) is 3.87. The molecule has 0 saturated carbocycles. The van der Waals surface area contributed by atoms with Gasteiger partial charge in [-0.05, 0) is 6.92 Å². The Bertz CT molecular complexity index is 418. The van der Waals surface area contributed by atoms with Crippen molar-refractivity contribution in [1.29, 1.82) is 0 Å². The van der Waals surface area contributed by atoms with Crippen LogP contribution < -0.4 is 0 Å². The average molecular weight is 258 g/mol. The van der Waals surface area contributed by atoms with Crippen LogP contribution >= 0.6 is 0 Å². The van der Waals surface area contributed by atoms with Crippen LogP contribution in [0.4, 0.5) is 0 Å². The van der Waals surface area contributed by atoms with E-state index in [1.807, 2.05) is 13.0 Å². The van der Waals surface area contributed by atoms with E-state index >= 15 is 0 Å². The Balaban J connectivity index is 2.50. The normalized spacial score (nSPS) is 19.3. The molecule has 0 bridgehead atoms. The molecule has 1 amide bonds. The van der Waals surface area contributed by atoms with E-state index in [9.17, 15) is 13.2 Å². The van der Waals surface area contributed by atoms with E-state index in [0.717, 1.165) is 0 Å². The number of hydrogen-bond donors (Lipinski definition) is 0. The smallest absolute Gasteiger partial charge is 0.246 e. The number of piperazine rings is 1. The number of carbonyl (C=O) groups excluding carboxylic acids is 1. The van der Waals surface area contributed by atoms with E-state index in [1.54, 1.807) is 17.1 Å². The highest BCUT2D eigenvalue weighted by molar-refractivity contribution is 7.88. The topological polar surface area (TPSA) is 57.7 Å². The molecule has 0 aliphatic carbocycles. The summed E-state index contributed by atoms with van der Waals surface area (Å²) in [6.07, 6.45) is 7.99. The lowest BCUT2D eigenvalue weighted by molar-refractivity contribution is -0.127. The third-order valence-corrected chi connectivity index (χ3v) is 3.86. The minimum absolute atomic E-state index is 0.0729. The zero-order valence-electron chi connectivity index (χ0n) is 10.2. The van der Waals surface area contributed by atoms with Gasteiger partial charge >= 0.3 is 0 Å². The molecular weight excluding hydrogens is 240 g/mol. The van der Waals surface area contributed by atoms with Crippen molar-refractivity contribution in [2.75, 3.05) is 32.4 Å². The molecule has 17 heavy (non-hydrogen) atoms. The fraction of sp³-hybridized carbons (Fsp3) is 0.545. The van der Waals surface area contributed by atoms with Gasteiger partial charge in [-0.1, -0.05) is 18.2 Å². The zero-order chi connectivity index (χ0) is 12.9. The molecule has 0 aromatic carbocycles. The predicted octanol–water partition coefficient (Wildman–Crippen LogP) is 0.223. The van der Waals surface area contributed by atoms with Gasteiger partial charge in [0.1, 0.15) is 0 Å². The van der Waals surface area contributed by atoms with Gasteiger partial charge in [0.05, 0.1) is 6.26 Å². The SMILES string of the molecule is C/C=C/C=C/C(=O)N1CCN(S(C)(=O)=O)CC1. The third kappa shape index (κ3) is 4.32. The molecule has 5 nitrogen and oxygen atoms in total. The molecule has 1 saturated heterocycles. The Labute approximate surface area is 102 Å². The van der Waals surface area contributed by atoms with Crippen LogP contribution in [0, 0.1) is 0 Å². The first-order chi connectivity index (χ1) is 7.95. The number of rotatable bonds is 3. The van der Waals surface area contributed by atoms with Crippen LogP contribution in [0.5, 0.6) is 0 Å². The molecule has 1 heterocycles. The predicted molar refractivity (Wildman–Crippen MR) is 67.0 cm³/mol. The van der Waals surface area contributed by atoms with Crippen molar-refractivity contribution in [3.63, 3.8) is 0 Å². The first-order valence-electron chi connectivity index (χ1n) is 5.48. The molecule has 6 heteroatoms. The maximum Gasteiger partial charge on any atom is 0.246 e. The Morgan fingerprint density at radius 3 is 2.18 bits per heavy atom. The minimum atomic E-state index is -3.13. The van der Waals surface area contributed by atoms with Crippen molar-refractivity contribution < 1.29 is 13.2 Å². The summed E-state index contributed by atoms with van der Waals surface area (Å²) in [5.41, 5.74) is 0. The van der Waals surface area contributed by atoms with E-state index in [-0.39, 0.29) is 5.91 Å². The molecule has 1 aliphatic rings. The Hall–Kier alpha value is -1.14. The van der Waals surface area contributed by atoms with Crippen LogP contribution in [0.2, 0.25) is 0 Å². The molecule has 0 aromatic rings. The van der Waals surface area contributed by atoms with E-state index in [1.165, 1.54) is 16.6 Å². The zero-order valence-corrected chi connectivity index (χ0v) is 11.0. The number of sulfonamides is 1. The van der Waals surface area contributed by atoms with Crippen molar-refractivity contribution in [3.05, 3.63) is 24.3 Å². The summed E-state index contributed by atoms with van der Waals surface area (Å²) >= 11 is 0. The molecule has 0 aromatic heterocycles.